The van der Waals surface area contributed by atoms with E-state index in [1.54, 1.807) is 0 Å². The topological polar surface area (TPSA) is 64.1 Å². The van der Waals surface area contributed by atoms with Crippen molar-refractivity contribution >= 4 is 11.7 Å². The molecule has 2 fully saturated rings. The molecule has 1 aromatic carbocycles. The molecule has 3 heterocycles. The van der Waals surface area contributed by atoms with E-state index in [9.17, 15) is 4.79 Å². The van der Waals surface area contributed by atoms with E-state index in [0.717, 1.165) is 93.5 Å². The van der Waals surface area contributed by atoms with Gasteiger partial charge in [0.05, 0.1) is 31.6 Å². The molecule has 0 unspecified atom stereocenters. The Hall–Kier alpha value is -2.48. The normalized spacial score (nSPS) is 17.7. The Morgan fingerprint density at radius 2 is 1.85 bits per heavy atom. The van der Waals surface area contributed by atoms with Crippen molar-refractivity contribution < 1.29 is 19.0 Å². The minimum atomic E-state index is -0.310. The third-order valence-electron chi connectivity index (χ3n) is 6.71. The number of nitrogens with zero attached hydrogens (tertiary/aromatic N) is 3. The molecule has 2 aromatic rings. The lowest BCUT2D eigenvalue weighted by atomic mass is 9.96. The van der Waals surface area contributed by atoms with E-state index in [4.69, 9.17) is 19.2 Å². The van der Waals surface area contributed by atoms with Crippen LogP contribution < -0.4 is 4.90 Å². The number of morpholine rings is 1. The number of rotatable bonds is 7. The Kier molecular flexibility index (Phi) is 7.96. The maximum Gasteiger partial charge on any atom is 0.338 e. The van der Waals surface area contributed by atoms with Crippen LogP contribution in [0.3, 0.4) is 0 Å². The molecule has 0 atom stereocenters. The molecule has 2 saturated heterocycles. The highest BCUT2D eigenvalue weighted by Crippen LogP contribution is 2.34. The fourth-order valence-corrected chi connectivity index (χ4v) is 4.79. The average molecular weight is 454 g/mol. The Morgan fingerprint density at radius 3 is 2.48 bits per heavy atom. The van der Waals surface area contributed by atoms with Crippen molar-refractivity contribution in [1.29, 1.82) is 0 Å². The van der Waals surface area contributed by atoms with E-state index in [2.05, 4.69) is 34.9 Å². The van der Waals surface area contributed by atoms with Crippen molar-refractivity contribution in [2.45, 2.75) is 39.3 Å². The minimum Gasteiger partial charge on any atom is -0.465 e. The molecule has 1 aromatic heterocycles. The maximum atomic E-state index is 12.6. The summed E-state index contributed by atoms with van der Waals surface area (Å²) in [5, 5.41) is 0. The first-order valence-corrected chi connectivity index (χ1v) is 11.9. The van der Waals surface area contributed by atoms with Gasteiger partial charge in [0.25, 0.3) is 0 Å². The summed E-state index contributed by atoms with van der Waals surface area (Å²) in [6.45, 7) is 10.9. The molecule has 7 heteroatoms. The zero-order valence-corrected chi connectivity index (χ0v) is 20.0. The largest absolute Gasteiger partial charge is 0.465 e. The van der Waals surface area contributed by atoms with Crippen LogP contribution in [0.2, 0.25) is 0 Å². The van der Waals surface area contributed by atoms with Crippen molar-refractivity contribution in [3.63, 3.8) is 0 Å². The standard InChI is InChI=1S/C26H35N3O4/c1-4-29(23-7-11-32-12-8-23)25-16-21(15-24(19(25)2)26(30)31-3)20-5-6-22(27-17-20)18-28-9-13-33-14-10-28/h5-6,15-17,23H,4,7-14,18H2,1-3H3. The average Bonchev–Trinajstić information content (AvgIpc) is 2.87. The Balaban J connectivity index is 1.65. The van der Waals surface area contributed by atoms with Crippen LogP contribution >= 0.6 is 0 Å². The van der Waals surface area contributed by atoms with Crippen LogP contribution in [0.15, 0.2) is 30.5 Å². The predicted molar refractivity (Wildman–Crippen MR) is 129 cm³/mol. The van der Waals surface area contributed by atoms with Gasteiger partial charge in [-0.15, -0.1) is 0 Å². The zero-order chi connectivity index (χ0) is 23.2. The van der Waals surface area contributed by atoms with E-state index < -0.39 is 0 Å². The summed E-state index contributed by atoms with van der Waals surface area (Å²) in [4.78, 5) is 22.1. The number of pyridine rings is 1. The number of benzene rings is 1. The molecule has 2 aliphatic rings. The number of esters is 1. The van der Waals surface area contributed by atoms with Gasteiger partial charge < -0.3 is 19.1 Å². The lowest BCUT2D eigenvalue weighted by Crippen LogP contribution is -2.40. The predicted octanol–water partition coefficient (Wildman–Crippen LogP) is 3.68. The fourth-order valence-electron chi connectivity index (χ4n) is 4.79. The van der Waals surface area contributed by atoms with Crippen LogP contribution in [0, 0.1) is 6.92 Å². The van der Waals surface area contributed by atoms with Gasteiger partial charge in [0.15, 0.2) is 0 Å². The van der Waals surface area contributed by atoms with Gasteiger partial charge >= 0.3 is 5.97 Å². The second-order valence-electron chi connectivity index (χ2n) is 8.72. The number of carbonyl (C=O) groups excluding carboxylic acids is 1. The lowest BCUT2D eigenvalue weighted by Gasteiger charge is -2.36. The molecule has 2 aliphatic heterocycles. The molecule has 0 bridgehead atoms. The zero-order valence-electron chi connectivity index (χ0n) is 20.0. The third-order valence-corrected chi connectivity index (χ3v) is 6.71. The van der Waals surface area contributed by atoms with Gasteiger partial charge in [0.1, 0.15) is 0 Å². The summed E-state index contributed by atoms with van der Waals surface area (Å²) in [6.07, 6.45) is 3.89. The van der Waals surface area contributed by atoms with Crippen LogP contribution in [-0.4, -0.2) is 75.1 Å². The monoisotopic (exact) mass is 453 g/mol. The van der Waals surface area contributed by atoms with Gasteiger partial charge in [0.2, 0.25) is 0 Å². The molecular weight excluding hydrogens is 418 g/mol. The molecular formula is C26H35N3O4. The van der Waals surface area contributed by atoms with Crippen LogP contribution in [0.1, 0.15) is 41.4 Å². The first-order valence-electron chi connectivity index (χ1n) is 11.9. The van der Waals surface area contributed by atoms with Crippen LogP contribution in [0.4, 0.5) is 5.69 Å². The molecule has 178 valence electrons. The number of hydrogen-bond acceptors (Lipinski definition) is 7. The van der Waals surface area contributed by atoms with Gasteiger partial charge in [-0.3, -0.25) is 9.88 Å². The summed E-state index contributed by atoms with van der Waals surface area (Å²) in [5.41, 5.74) is 5.66. The van der Waals surface area contributed by atoms with E-state index in [1.165, 1.54) is 7.11 Å². The molecule has 0 aliphatic carbocycles. The Morgan fingerprint density at radius 1 is 1.12 bits per heavy atom. The highest BCUT2D eigenvalue weighted by molar-refractivity contribution is 5.95. The van der Waals surface area contributed by atoms with Gasteiger partial charge in [-0.2, -0.15) is 0 Å². The Labute approximate surface area is 196 Å². The summed E-state index contributed by atoms with van der Waals surface area (Å²) in [6, 6.07) is 8.71. The summed E-state index contributed by atoms with van der Waals surface area (Å²) in [7, 11) is 1.44. The SMILES string of the molecule is CCN(c1cc(-c2ccc(CN3CCOCC3)nc2)cc(C(=O)OC)c1C)C1CCOCC1. The lowest BCUT2D eigenvalue weighted by molar-refractivity contribution is 0.0336. The number of anilines is 1. The maximum absolute atomic E-state index is 12.6. The molecule has 0 spiro atoms. The van der Waals surface area contributed by atoms with Crippen molar-refractivity contribution in [3.05, 3.63) is 47.3 Å². The van der Waals surface area contributed by atoms with Crippen molar-refractivity contribution in [2.75, 3.05) is 58.1 Å². The van der Waals surface area contributed by atoms with Crippen molar-refractivity contribution in [1.82, 2.24) is 9.88 Å². The molecule has 7 nitrogen and oxygen atoms in total. The van der Waals surface area contributed by atoms with Crippen LogP contribution in [-0.2, 0) is 20.8 Å². The highest BCUT2D eigenvalue weighted by Gasteiger charge is 2.25. The second-order valence-corrected chi connectivity index (χ2v) is 8.72. The Bertz CT molecular complexity index is 935. The quantitative estimate of drug-likeness (QED) is 0.593. The molecule has 0 amide bonds. The molecule has 4 rings (SSSR count). The van der Waals surface area contributed by atoms with E-state index in [-0.39, 0.29) is 5.97 Å². The second kappa shape index (κ2) is 11.1. The van der Waals surface area contributed by atoms with Gasteiger partial charge in [-0.1, -0.05) is 6.07 Å². The van der Waals surface area contributed by atoms with Crippen molar-refractivity contribution in [3.8, 4) is 11.1 Å². The number of aromatic nitrogens is 1. The van der Waals surface area contributed by atoms with Crippen LogP contribution in [0.25, 0.3) is 11.1 Å². The molecule has 33 heavy (non-hydrogen) atoms. The van der Waals surface area contributed by atoms with E-state index >= 15 is 0 Å². The van der Waals surface area contributed by atoms with Gasteiger partial charge in [0, 0.05) is 62.9 Å². The number of ether oxygens (including phenoxy) is 3. The van der Waals surface area contributed by atoms with Crippen molar-refractivity contribution in [2.24, 2.45) is 0 Å². The molecule has 0 N–H and O–H groups in total. The van der Waals surface area contributed by atoms with Gasteiger partial charge in [-0.25, -0.2) is 4.79 Å². The minimum absolute atomic E-state index is 0.310. The first-order chi connectivity index (χ1) is 16.1. The smallest absolute Gasteiger partial charge is 0.338 e. The van der Waals surface area contributed by atoms with E-state index in [0.29, 0.717) is 11.6 Å². The van der Waals surface area contributed by atoms with Gasteiger partial charge in [-0.05, 0) is 56.0 Å². The number of carbonyl (C=O) groups is 1. The number of hydrogen-bond donors (Lipinski definition) is 0. The van der Waals surface area contributed by atoms with Crippen LogP contribution in [0.5, 0.6) is 0 Å². The summed E-state index contributed by atoms with van der Waals surface area (Å²) < 4.78 is 16.1. The highest BCUT2D eigenvalue weighted by atomic mass is 16.5. The summed E-state index contributed by atoms with van der Waals surface area (Å²) >= 11 is 0. The number of methoxy groups -OCH3 is 1. The fraction of sp³-hybridized carbons (Fsp3) is 0.538. The summed E-state index contributed by atoms with van der Waals surface area (Å²) in [5.74, 6) is -0.310. The molecule has 0 saturated carbocycles. The third kappa shape index (κ3) is 5.54. The molecule has 0 radical (unpaired) electrons. The van der Waals surface area contributed by atoms with E-state index in [1.807, 2.05) is 19.2 Å². The first kappa shape index (κ1) is 23.7.